The molecule has 2 aromatic rings. The van der Waals surface area contributed by atoms with Gasteiger partial charge in [0.15, 0.2) is 20.6 Å². The molecular weight excluding hydrogens is 294 g/mol. The van der Waals surface area contributed by atoms with Gasteiger partial charge in [0.2, 0.25) is 0 Å². The van der Waals surface area contributed by atoms with Gasteiger partial charge in [-0.05, 0) is 24.3 Å². The molecule has 0 unspecified atom stereocenters. The van der Waals surface area contributed by atoms with Crippen LogP contribution >= 0.6 is 46.4 Å². The van der Waals surface area contributed by atoms with Gasteiger partial charge in [0.05, 0.1) is 0 Å². The monoisotopic (exact) mass is 296 g/mol. The number of halogens is 4. The molecule has 0 aromatic carbocycles. The Morgan fingerprint density at radius 2 is 0.688 bits per heavy atom. The van der Waals surface area contributed by atoms with Crippen LogP contribution in [0.3, 0.4) is 0 Å². The second kappa shape index (κ2) is 6.81. The highest BCUT2D eigenvalue weighted by atomic mass is 35.5. The van der Waals surface area contributed by atoms with Crippen molar-refractivity contribution < 1.29 is 0 Å². The zero-order valence-corrected chi connectivity index (χ0v) is 10.6. The van der Waals surface area contributed by atoms with Gasteiger partial charge in [-0.3, -0.25) is 0 Å². The molecule has 84 valence electrons. The molecule has 0 aliphatic rings. The highest BCUT2D eigenvalue weighted by molar-refractivity contribution is 6.31. The van der Waals surface area contributed by atoms with Crippen LogP contribution in [0.4, 0.5) is 0 Å². The van der Waals surface area contributed by atoms with E-state index in [1.54, 1.807) is 24.3 Å². The third-order valence-corrected chi connectivity index (χ3v) is 2.01. The number of hydrogen-bond acceptors (Lipinski definition) is 4. The molecule has 0 spiro atoms. The molecule has 16 heavy (non-hydrogen) atoms. The largest absolute Gasteiger partial charge is 0.151 e. The maximum Gasteiger partial charge on any atom is 0.151 e. The summed E-state index contributed by atoms with van der Waals surface area (Å²) in [5.41, 5.74) is 0. The van der Waals surface area contributed by atoms with Crippen molar-refractivity contribution in [2.24, 2.45) is 0 Å². The molecule has 0 N–H and O–H groups in total. The smallest absolute Gasteiger partial charge is 0.137 e. The third kappa shape index (κ3) is 5.42. The topological polar surface area (TPSA) is 51.6 Å². The van der Waals surface area contributed by atoms with Crippen molar-refractivity contribution in [3.05, 3.63) is 44.9 Å². The van der Waals surface area contributed by atoms with Crippen LogP contribution in [0.2, 0.25) is 20.6 Å². The Balaban J connectivity index is 0.000000160. The molecule has 0 fully saturated rings. The van der Waals surface area contributed by atoms with Crippen LogP contribution in [0.25, 0.3) is 0 Å². The summed E-state index contributed by atoms with van der Waals surface area (Å²) in [6.07, 6.45) is 0. The van der Waals surface area contributed by atoms with Crippen molar-refractivity contribution in [3.63, 3.8) is 0 Å². The summed E-state index contributed by atoms with van der Waals surface area (Å²) in [5, 5.41) is 15.3. The lowest BCUT2D eigenvalue weighted by Gasteiger charge is -1.83. The fourth-order valence-electron chi connectivity index (χ4n) is 0.599. The summed E-state index contributed by atoms with van der Waals surface area (Å²) in [6.45, 7) is 0. The molecule has 0 bridgehead atoms. The third-order valence-electron chi connectivity index (χ3n) is 1.20. The number of hydrogen-bond donors (Lipinski definition) is 0. The maximum atomic E-state index is 5.38. The molecular formula is C8H4Cl4N4. The van der Waals surface area contributed by atoms with Gasteiger partial charge in [0.1, 0.15) is 0 Å². The molecule has 8 heteroatoms. The highest BCUT2D eigenvalue weighted by Crippen LogP contribution is 2.05. The molecule has 0 saturated carbocycles. The molecule has 0 atom stereocenters. The van der Waals surface area contributed by atoms with E-state index in [9.17, 15) is 0 Å². The minimum atomic E-state index is 0.356. The van der Waals surface area contributed by atoms with Crippen molar-refractivity contribution in [1.82, 2.24) is 20.4 Å². The fraction of sp³-hybridized carbons (Fsp3) is 0. The normalized spacial score (nSPS) is 9.25. The number of rotatable bonds is 0. The van der Waals surface area contributed by atoms with Crippen molar-refractivity contribution in [2.75, 3.05) is 0 Å². The van der Waals surface area contributed by atoms with Gasteiger partial charge in [0, 0.05) is 0 Å². The Morgan fingerprint density at radius 1 is 0.500 bits per heavy atom. The predicted octanol–water partition coefficient (Wildman–Crippen LogP) is 3.57. The van der Waals surface area contributed by atoms with E-state index in [0.717, 1.165) is 0 Å². The number of nitrogens with zero attached hydrogens (tertiary/aromatic N) is 4. The molecule has 0 amide bonds. The van der Waals surface area contributed by atoms with E-state index in [2.05, 4.69) is 20.4 Å². The van der Waals surface area contributed by atoms with E-state index >= 15 is 0 Å². The Labute approximate surface area is 112 Å². The van der Waals surface area contributed by atoms with Crippen LogP contribution < -0.4 is 0 Å². The minimum Gasteiger partial charge on any atom is -0.137 e. The molecule has 2 aromatic heterocycles. The predicted molar refractivity (Wildman–Crippen MR) is 64.1 cm³/mol. The molecule has 0 radical (unpaired) electrons. The van der Waals surface area contributed by atoms with Gasteiger partial charge in [-0.15, -0.1) is 20.4 Å². The van der Waals surface area contributed by atoms with Gasteiger partial charge < -0.3 is 0 Å². The van der Waals surface area contributed by atoms with Crippen LogP contribution in [-0.4, -0.2) is 20.4 Å². The summed E-state index contributed by atoms with van der Waals surface area (Å²) in [4.78, 5) is 0. The Hall–Kier alpha value is -0.680. The van der Waals surface area contributed by atoms with E-state index in [0.29, 0.717) is 20.6 Å². The first-order valence-corrected chi connectivity index (χ1v) is 5.38. The van der Waals surface area contributed by atoms with E-state index in [-0.39, 0.29) is 0 Å². The van der Waals surface area contributed by atoms with E-state index in [1.807, 2.05) is 0 Å². The van der Waals surface area contributed by atoms with Crippen LogP contribution in [0, 0.1) is 0 Å². The average molecular weight is 298 g/mol. The van der Waals surface area contributed by atoms with Crippen LogP contribution in [0.15, 0.2) is 24.3 Å². The molecule has 0 aliphatic heterocycles. The van der Waals surface area contributed by atoms with E-state index < -0.39 is 0 Å². The van der Waals surface area contributed by atoms with Crippen molar-refractivity contribution in [1.29, 1.82) is 0 Å². The van der Waals surface area contributed by atoms with Crippen LogP contribution in [0.1, 0.15) is 0 Å². The number of aromatic nitrogens is 4. The van der Waals surface area contributed by atoms with Gasteiger partial charge >= 0.3 is 0 Å². The lowest BCUT2D eigenvalue weighted by molar-refractivity contribution is 1.03. The summed E-state index contributed by atoms with van der Waals surface area (Å²) in [5.74, 6) is 0. The second-order valence-electron chi connectivity index (χ2n) is 2.36. The standard InChI is InChI=1S/2C4H2Cl2N2/c2*5-3-1-2-4(6)8-7-3/h2*1-2H. The minimum absolute atomic E-state index is 0.356. The van der Waals surface area contributed by atoms with Gasteiger partial charge in [0.25, 0.3) is 0 Å². The Morgan fingerprint density at radius 3 is 0.812 bits per heavy atom. The average Bonchev–Trinajstić information content (AvgIpc) is 2.28. The lowest BCUT2D eigenvalue weighted by Crippen LogP contribution is -1.78. The summed E-state index contributed by atoms with van der Waals surface area (Å²) in [6, 6.07) is 6.32. The molecule has 0 saturated heterocycles. The first-order valence-electron chi connectivity index (χ1n) is 3.87. The van der Waals surface area contributed by atoms with Crippen molar-refractivity contribution >= 4 is 46.4 Å². The molecule has 2 heterocycles. The lowest BCUT2D eigenvalue weighted by atomic mass is 10.6. The Kier molecular flexibility index (Phi) is 5.69. The first-order chi connectivity index (χ1) is 7.58. The Bertz CT molecular complexity index is 345. The van der Waals surface area contributed by atoms with Crippen molar-refractivity contribution in [3.8, 4) is 0 Å². The highest BCUT2D eigenvalue weighted by Gasteiger charge is 1.87. The summed E-state index contributed by atoms with van der Waals surface area (Å²) in [7, 11) is 0. The molecule has 4 nitrogen and oxygen atoms in total. The van der Waals surface area contributed by atoms with E-state index in [4.69, 9.17) is 46.4 Å². The quantitative estimate of drug-likeness (QED) is 0.746. The molecule has 2 rings (SSSR count). The van der Waals surface area contributed by atoms with Crippen LogP contribution in [-0.2, 0) is 0 Å². The zero-order valence-electron chi connectivity index (χ0n) is 7.61. The van der Waals surface area contributed by atoms with Gasteiger partial charge in [-0.1, -0.05) is 46.4 Å². The second-order valence-corrected chi connectivity index (χ2v) is 3.91. The SMILES string of the molecule is Clc1ccc(Cl)nn1.Clc1ccc(Cl)nn1. The van der Waals surface area contributed by atoms with E-state index in [1.165, 1.54) is 0 Å². The maximum absolute atomic E-state index is 5.38. The van der Waals surface area contributed by atoms with Gasteiger partial charge in [-0.25, -0.2) is 0 Å². The molecule has 0 aliphatic carbocycles. The van der Waals surface area contributed by atoms with Crippen LogP contribution in [0.5, 0.6) is 0 Å². The summed E-state index contributed by atoms with van der Waals surface area (Å²) < 4.78 is 0. The summed E-state index contributed by atoms with van der Waals surface area (Å²) >= 11 is 21.5. The van der Waals surface area contributed by atoms with Gasteiger partial charge in [-0.2, -0.15) is 0 Å². The van der Waals surface area contributed by atoms with Crippen molar-refractivity contribution in [2.45, 2.75) is 0 Å². The first kappa shape index (κ1) is 13.4. The fourth-order valence-corrected chi connectivity index (χ4v) is 1.00. The zero-order chi connectivity index (χ0) is 12.0.